The van der Waals surface area contributed by atoms with E-state index in [0.29, 0.717) is 12.1 Å². The summed E-state index contributed by atoms with van der Waals surface area (Å²) in [4.78, 5) is 33.0. The molecule has 0 heterocycles. The number of urea groups is 1. The topological polar surface area (TPSA) is 116 Å². The summed E-state index contributed by atoms with van der Waals surface area (Å²) in [5.41, 5.74) is 3.56. The van der Waals surface area contributed by atoms with E-state index < -0.39 is 11.9 Å². The zero-order valence-corrected chi connectivity index (χ0v) is 24.8. The van der Waals surface area contributed by atoms with Crippen LogP contribution in [0, 0.1) is 13.8 Å². The van der Waals surface area contributed by atoms with Gasteiger partial charge in [-0.3, -0.25) is 4.79 Å². The maximum atomic E-state index is 11.9. The Hall–Kier alpha value is -3.35. The predicted octanol–water partition coefficient (Wildman–Crippen LogP) is 9.59. The van der Waals surface area contributed by atoms with Crippen LogP contribution < -0.4 is 10.6 Å². The third kappa shape index (κ3) is 16.6. The molecule has 7 nitrogen and oxygen atoms in total. The first-order chi connectivity index (χ1) is 19.2. The molecule has 0 radical (unpaired) electrons. The lowest BCUT2D eigenvalue weighted by Crippen LogP contribution is -2.20. The van der Waals surface area contributed by atoms with Gasteiger partial charge in [-0.2, -0.15) is 0 Å². The van der Waals surface area contributed by atoms with Gasteiger partial charge in [-0.05, 0) is 61.7 Å². The lowest BCUT2D eigenvalue weighted by molar-refractivity contribution is -0.137. The Bertz CT molecular complexity index is 1000. The van der Waals surface area contributed by atoms with Crippen molar-refractivity contribution in [2.75, 3.05) is 10.6 Å². The van der Waals surface area contributed by atoms with Crippen molar-refractivity contribution in [1.82, 2.24) is 0 Å². The fourth-order valence-electron chi connectivity index (χ4n) is 4.34. The summed E-state index contributed by atoms with van der Waals surface area (Å²) in [7, 11) is 0. The van der Waals surface area contributed by atoms with E-state index >= 15 is 0 Å². The molecule has 2 amide bonds. The Balaban J connectivity index is 0.000000403. The number of nitrogens with one attached hydrogen (secondary N) is 2. The molecule has 2 aromatic rings. The summed E-state index contributed by atoms with van der Waals surface area (Å²) < 4.78 is 0. The van der Waals surface area contributed by atoms with Crippen molar-refractivity contribution in [2.24, 2.45) is 0 Å². The van der Waals surface area contributed by atoms with Crippen LogP contribution in [0.3, 0.4) is 0 Å². The lowest BCUT2D eigenvalue weighted by atomic mass is 10.0. The summed E-state index contributed by atoms with van der Waals surface area (Å²) in [6.07, 6.45) is 18.7. The predicted molar refractivity (Wildman–Crippen MR) is 165 cm³/mol. The smallest absolute Gasteiger partial charge is 0.335 e. The highest BCUT2D eigenvalue weighted by atomic mass is 16.4. The summed E-state index contributed by atoms with van der Waals surface area (Å²) in [5.74, 6) is -1.65. The Morgan fingerprint density at radius 1 is 0.650 bits per heavy atom. The van der Waals surface area contributed by atoms with Crippen LogP contribution in [0.2, 0.25) is 0 Å². The number of unbranched alkanes of at least 4 members (excludes halogenated alkanes) is 13. The van der Waals surface area contributed by atoms with Gasteiger partial charge >= 0.3 is 18.0 Å². The van der Waals surface area contributed by atoms with Gasteiger partial charge in [0.2, 0.25) is 0 Å². The molecule has 7 heteroatoms. The van der Waals surface area contributed by atoms with E-state index in [9.17, 15) is 14.4 Å². The average molecular weight is 555 g/mol. The standard InChI is InChI=1S/C17H34O2.C16H16N2O3/c1-2-3-4-5-6-7-8-9-10-11-12-13-14-15-16-17(18)19;1-10-4-3-5-14(11(10)2)18-16(21)17-13-8-6-12(7-9-13)15(19)20/h2-16H2,1H3,(H,18,19);3-9H,1-2H3,(H,19,20)(H2,17,18,21). The van der Waals surface area contributed by atoms with Crippen LogP contribution in [-0.2, 0) is 4.79 Å². The molecule has 222 valence electrons. The number of anilines is 2. The van der Waals surface area contributed by atoms with Gasteiger partial charge in [0.15, 0.2) is 0 Å². The minimum atomic E-state index is -0.999. The summed E-state index contributed by atoms with van der Waals surface area (Å²) in [6, 6.07) is 11.3. The Morgan fingerprint density at radius 3 is 1.62 bits per heavy atom. The number of aliphatic carboxylic acids is 1. The van der Waals surface area contributed by atoms with E-state index in [1.54, 1.807) is 12.1 Å². The van der Waals surface area contributed by atoms with Crippen molar-refractivity contribution in [3.8, 4) is 0 Å². The zero-order chi connectivity index (χ0) is 29.6. The largest absolute Gasteiger partial charge is 0.481 e. The number of benzene rings is 2. The second-order valence-electron chi connectivity index (χ2n) is 10.4. The molecular weight excluding hydrogens is 504 g/mol. The van der Waals surface area contributed by atoms with Gasteiger partial charge in [-0.15, -0.1) is 0 Å². The molecule has 0 saturated carbocycles. The number of amides is 2. The van der Waals surface area contributed by atoms with Gasteiger partial charge in [0.25, 0.3) is 0 Å². The van der Waals surface area contributed by atoms with Crippen LogP contribution in [-0.4, -0.2) is 28.2 Å². The molecule has 2 aromatic carbocycles. The fourth-order valence-corrected chi connectivity index (χ4v) is 4.34. The van der Waals surface area contributed by atoms with Crippen LogP contribution in [0.4, 0.5) is 16.2 Å². The number of hydrogen-bond acceptors (Lipinski definition) is 3. The number of carboxylic acid groups (broad SMARTS) is 2. The van der Waals surface area contributed by atoms with Crippen LogP contribution in [0.15, 0.2) is 42.5 Å². The Kier molecular flexibility index (Phi) is 18.6. The highest BCUT2D eigenvalue weighted by molar-refractivity contribution is 6.00. The summed E-state index contributed by atoms with van der Waals surface area (Å²) in [6.45, 7) is 6.18. The highest BCUT2D eigenvalue weighted by Crippen LogP contribution is 2.19. The minimum absolute atomic E-state index is 0.176. The summed E-state index contributed by atoms with van der Waals surface area (Å²) >= 11 is 0. The quantitative estimate of drug-likeness (QED) is 0.137. The van der Waals surface area contributed by atoms with Crippen LogP contribution >= 0.6 is 0 Å². The number of carbonyl (C=O) groups is 3. The number of aryl methyl sites for hydroxylation is 1. The van der Waals surface area contributed by atoms with Crippen molar-refractivity contribution in [2.45, 2.75) is 117 Å². The molecule has 0 spiro atoms. The second kappa shape index (κ2) is 21.5. The Labute approximate surface area is 240 Å². The molecule has 0 unspecified atom stereocenters. The highest BCUT2D eigenvalue weighted by Gasteiger charge is 2.07. The monoisotopic (exact) mass is 554 g/mol. The van der Waals surface area contributed by atoms with Crippen LogP contribution in [0.1, 0.15) is 125 Å². The normalized spacial score (nSPS) is 10.4. The summed E-state index contributed by atoms with van der Waals surface area (Å²) in [5, 5.41) is 22.7. The van der Waals surface area contributed by atoms with Gasteiger partial charge in [-0.25, -0.2) is 9.59 Å². The lowest BCUT2D eigenvalue weighted by Gasteiger charge is -2.11. The van der Waals surface area contributed by atoms with E-state index in [1.165, 1.54) is 89.2 Å². The zero-order valence-electron chi connectivity index (χ0n) is 24.8. The number of carboxylic acids is 2. The van der Waals surface area contributed by atoms with E-state index in [2.05, 4.69) is 17.6 Å². The van der Waals surface area contributed by atoms with Crippen molar-refractivity contribution >= 4 is 29.3 Å². The van der Waals surface area contributed by atoms with E-state index in [4.69, 9.17) is 10.2 Å². The molecule has 0 aliphatic carbocycles. The average Bonchev–Trinajstić information content (AvgIpc) is 2.92. The van der Waals surface area contributed by atoms with E-state index in [-0.39, 0.29) is 11.6 Å². The first-order valence-corrected chi connectivity index (χ1v) is 14.9. The third-order valence-electron chi connectivity index (χ3n) is 6.99. The van der Waals surface area contributed by atoms with Gasteiger partial charge in [0.1, 0.15) is 0 Å². The molecule has 0 aliphatic rings. The van der Waals surface area contributed by atoms with Crippen LogP contribution in [0.5, 0.6) is 0 Å². The number of carbonyl (C=O) groups excluding carboxylic acids is 1. The Morgan fingerprint density at radius 2 is 1.15 bits per heavy atom. The number of hydrogen-bond donors (Lipinski definition) is 4. The van der Waals surface area contributed by atoms with Crippen molar-refractivity contribution in [1.29, 1.82) is 0 Å². The van der Waals surface area contributed by atoms with E-state index in [0.717, 1.165) is 29.7 Å². The van der Waals surface area contributed by atoms with Gasteiger partial charge in [0, 0.05) is 17.8 Å². The maximum absolute atomic E-state index is 11.9. The SMILES string of the molecule is CCCCCCCCCCCCCCCCC(=O)O.Cc1cccc(NC(=O)Nc2ccc(C(=O)O)cc2)c1C. The molecule has 40 heavy (non-hydrogen) atoms. The molecule has 0 fully saturated rings. The minimum Gasteiger partial charge on any atom is -0.481 e. The van der Waals surface area contributed by atoms with Gasteiger partial charge in [-0.1, -0.05) is 103 Å². The first kappa shape index (κ1) is 34.7. The van der Waals surface area contributed by atoms with Gasteiger partial charge in [0.05, 0.1) is 5.56 Å². The molecule has 0 saturated heterocycles. The van der Waals surface area contributed by atoms with E-state index in [1.807, 2.05) is 32.0 Å². The third-order valence-corrected chi connectivity index (χ3v) is 6.99. The molecule has 4 N–H and O–H groups in total. The second-order valence-corrected chi connectivity index (χ2v) is 10.4. The van der Waals surface area contributed by atoms with Crippen LogP contribution in [0.25, 0.3) is 0 Å². The molecule has 0 atom stereocenters. The number of rotatable bonds is 18. The molecule has 0 aliphatic heterocycles. The molecule has 0 aromatic heterocycles. The molecular formula is C33H50N2O5. The maximum Gasteiger partial charge on any atom is 0.335 e. The first-order valence-electron chi connectivity index (χ1n) is 14.9. The van der Waals surface area contributed by atoms with Gasteiger partial charge < -0.3 is 20.8 Å². The fraction of sp³-hybridized carbons (Fsp3) is 0.545. The molecule has 0 bridgehead atoms. The van der Waals surface area contributed by atoms with Crippen molar-refractivity contribution < 1.29 is 24.6 Å². The van der Waals surface area contributed by atoms with Crippen molar-refractivity contribution in [3.05, 3.63) is 59.2 Å². The molecule has 2 rings (SSSR count). The number of aromatic carboxylic acids is 1. The van der Waals surface area contributed by atoms with Crippen molar-refractivity contribution in [3.63, 3.8) is 0 Å².